The summed E-state index contributed by atoms with van der Waals surface area (Å²) in [7, 11) is 0. The molecule has 0 bridgehead atoms. The average Bonchev–Trinajstić information content (AvgIpc) is 2.75. The van der Waals surface area contributed by atoms with E-state index in [0.29, 0.717) is 13.0 Å². The molecular weight excluding hydrogens is 244 g/mol. The van der Waals surface area contributed by atoms with Gasteiger partial charge in [0, 0.05) is 19.4 Å². The molecule has 1 atom stereocenters. The van der Waals surface area contributed by atoms with Crippen LogP contribution in [0.1, 0.15) is 31.5 Å². The van der Waals surface area contributed by atoms with Crippen LogP contribution in [0.3, 0.4) is 0 Å². The normalized spacial score (nSPS) is 24.1. The van der Waals surface area contributed by atoms with Crippen molar-refractivity contribution >= 4 is 5.84 Å². The summed E-state index contributed by atoms with van der Waals surface area (Å²) in [6, 6.07) is 0. The van der Waals surface area contributed by atoms with Crippen LogP contribution in [0.2, 0.25) is 0 Å². The molecule has 1 aromatic heterocycles. The van der Waals surface area contributed by atoms with Crippen molar-refractivity contribution in [1.29, 1.82) is 0 Å². The Morgan fingerprint density at radius 3 is 3.11 bits per heavy atom. The molecule has 1 saturated carbocycles. The maximum Gasteiger partial charge on any atom is 0.248 e. The lowest BCUT2D eigenvalue weighted by atomic mass is 9.86. The number of nitrogens with zero attached hydrogens (tertiary/aromatic N) is 4. The third-order valence-electron chi connectivity index (χ3n) is 3.06. The smallest absolute Gasteiger partial charge is 0.248 e. The van der Waals surface area contributed by atoms with Gasteiger partial charge in [-0.2, -0.15) is 0 Å². The van der Waals surface area contributed by atoms with E-state index in [1.54, 1.807) is 0 Å². The lowest BCUT2D eigenvalue weighted by Gasteiger charge is -2.28. The van der Waals surface area contributed by atoms with Crippen LogP contribution < -0.4 is 5.73 Å². The minimum atomic E-state index is -2.57. The van der Waals surface area contributed by atoms with Crippen molar-refractivity contribution in [2.45, 2.75) is 38.2 Å². The van der Waals surface area contributed by atoms with Gasteiger partial charge in [0.25, 0.3) is 0 Å². The molecule has 0 aliphatic heterocycles. The first-order valence-electron chi connectivity index (χ1n) is 5.75. The van der Waals surface area contributed by atoms with Crippen molar-refractivity contribution in [2.75, 3.05) is 0 Å². The molecule has 3 N–H and O–H groups in total. The second kappa shape index (κ2) is 4.87. The molecule has 1 heterocycles. The first-order valence-corrected chi connectivity index (χ1v) is 5.75. The number of halogens is 2. The van der Waals surface area contributed by atoms with Crippen LogP contribution in [0.4, 0.5) is 8.78 Å². The molecule has 18 heavy (non-hydrogen) atoms. The summed E-state index contributed by atoms with van der Waals surface area (Å²) in [5.74, 6) is -2.78. The third kappa shape index (κ3) is 2.93. The second-order valence-electron chi connectivity index (χ2n) is 4.59. The SMILES string of the molecule is NC(=NO)c1ncn(CC2CCCC(F)(F)C2)n1. The first-order chi connectivity index (χ1) is 8.50. The summed E-state index contributed by atoms with van der Waals surface area (Å²) in [6.45, 7) is 0.376. The molecule has 0 amide bonds. The molecule has 1 aliphatic rings. The first kappa shape index (κ1) is 12.7. The van der Waals surface area contributed by atoms with Gasteiger partial charge >= 0.3 is 0 Å². The predicted molar refractivity (Wildman–Crippen MR) is 59.4 cm³/mol. The Bertz CT molecular complexity index is 445. The average molecular weight is 259 g/mol. The Labute approximate surface area is 102 Å². The van der Waals surface area contributed by atoms with Crippen LogP contribution in [0.5, 0.6) is 0 Å². The van der Waals surface area contributed by atoms with E-state index in [4.69, 9.17) is 10.9 Å². The lowest BCUT2D eigenvalue weighted by Crippen LogP contribution is -2.28. The van der Waals surface area contributed by atoms with Gasteiger partial charge in [-0.05, 0) is 18.8 Å². The van der Waals surface area contributed by atoms with Crippen molar-refractivity contribution in [3.8, 4) is 0 Å². The van der Waals surface area contributed by atoms with E-state index in [0.717, 1.165) is 6.42 Å². The van der Waals surface area contributed by atoms with Gasteiger partial charge in [-0.3, -0.25) is 4.68 Å². The zero-order chi connectivity index (χ0) is 13.2. The molecule has 1 aliphatic carbocycles. The van der Waals surface area contributed by atoms with Crippen LogP contribution in [0.25, 0.3) is 0 Å². The highest BCUT2D eigenvalue weighted by atomic mass is 19.3. The monoisotopic (exact) mass is 259 g/mol. The molecule has 100 valence electrons. The topological polar surface area (TPSA) is 89.3 Å². The number of oxime groups is 1. The van der Waals surface area contributed by atoms with E-state index in [9.17, 15) is 8.78 Å². The van der Waals surface area contributed by atoms with E-state index in [1.807, 2.05) is 0 Å². The van der Waals surface area contributed by atoms with Gasteiger partial charge in [0.15, 0.2) is 0 Å². The molecule has 1 unspecified atom stereocenters. The van der Waals surface area contributed by atoms with E-state index in [-0.39, 0.29) is 30.4 Å². The summed E-state index contributed by atoms with van der Waals surface area (Å²) in [5.41, 5.74) is 5.33. The second-order valence-corrected chi connectivity index (χ2v) is 4.59. The number of hydrogen-bond donors (Lipinski definition) is 2. The van der Waals surface area contributed by atoms with Gasteiger partial charge < -0.3 is 10.9 Å². The number of hydrogen-bond acceptors (Lipinski definition) is 4. The van der Waals surface area contributed by atoms with Gasteiger partial charge in [0.05, 0.1) is 0 Å². The molecule has 2 rings (SSSR count). The molecule has 0 saturated heterocycles. The van der Waals surface area contributed by atoms with Crippen LogP contribution in [-0.4, -0.2) is 31.7 Å². The van der Waals surface area contributed by atoms with Crippen LogP contribution >= 0.6 is 0 Å². The Kier molecular flexibility index (Phi) is 3.44. The standard InChI is InChI=1S/C10H15F2N5O/c11-10(12)3-1-2-7(4-10)5-17-6-14-9(15-17)8(13)16-18/h6-7,18H,1-5H2,(H2,13,16). The van der Waals surface area contributed by atoms with E-state index in [2.05, 4.69) is 15.2 Å². The third-order valence-corrected chi connectivity index (χ3v) is 3.06. The Balaban J connectivity index is 1.99. The highest BCUT2D eigenvalue weighted by molar-refractivity contribution is 5.93. The van der Waals surface area contributed by atoms with Gasteiger partial charge in [0.2, 0.25) is 17.6 Å². The van der Waals surface area contributed by atoms with Crippen LogP contribution in [-0.2, 0) is 6.54 Å². The molecule has 1 fully saturated rings. The van der Waals surface area contributed by atoms with E-state index < -0.39 is 5.92 Å². The Morgan fingerprint density at radius 2 is 2.44 bits per heavy atom. The molecule has 8 heteroatoms. The van der Waals surface area contributed by atoms with Crippen molar-refractivity contribution in [2.24, 2.45) is 16.8 Å². The van der Waals surface area contributed by atoms with Crippen molar-refractivity contribution < 1.29 is 14.0 Å². The zero-order valence-electron chi connectivity index (χ0n) is 9.76. The van der Waals surface area contributed by atoms with Gasteiger partial charge in [-0.15, -0.1) is 5.10 Å². The number of rotatable bonds is 3. The van der Waals surface area contributed by atoms with Gasteiger partial charge in [-0.25, -0.2) is 13.8 Å². The quantitative estimate of drug-likeness (QED) is 0.369. The minimum Gasteiger partial charge on any atom is -0.409 e. The highest BCUT2D eigenvalue weighted by Crippen LogP contribution is 2.37. The molecule has 0 aromatic carbocycles. The summed E-state index contributed by atoms with van der Waals surface area (Å²) < 4.78 is 27.9. The number of amidine groups is 1. The fraction of sp³-hybridized carbons (Fsp3) is 0.700. The maximum atomic E-state index is 13.2. The summed E-state index contributed by atoms with van der Waals surface area (Å²) in [6.07, 6.45) is 2.54. The number of aromatic nitrogens is 3. The Morgan fingerprint density at radius 1 is 1.67 bits per heavy atom. The largest absolute Gasteiger partial charge is 0.409 e. The molecule has 1 aromatic rings. The van der Waals surface area contributed by atoms with Gasteiger partial charge in [-0.1, -0.05) is 5.16 Å². The lowest BCUT2D eigenvalue weighted by molar-refractivity contribution is -0.0552. The van der Waals surface area contributed by atoms with Crippen molar-refractivity contribution in [3.05, 3.63) is 12.2 Å². The summed E-state index contributed by atoms with van der Waals surface area (Å²) in [4.78, 5) is 3.84. The number of nitrogens with two attached hydrogens (primary N) is 1. The van der Waals surface area contributed by atoms with Crippen LogP contribution in [0.15, 0.2) is 11.5 Å². The molecule has 6 nitrogen and oxygen atoms in total. The fourth-order valence-corrected chi connectivity index (χ4v) is 2.24. The maximum absolute atomic E-state index is 13.2. The van der Waals surface area contributed by atoms with Gasteiger partial charge in [0.1, 0.15) is 6.33 Å². The van der Waals surface area contributed by atoms with Crippen molar-refractivity contribution in [1.82, 2.24) is 14.8 Å². The minimum absolute atomic E-state index is 0.0315. The molecule has 0 spiro atoms. The summed E-state index contributed by atoms with van der Waals surface area (Å²) >= 11 is 0. The van der Waals surface area contributed by atoms with E-state index in [1.165, 1.54) is 11.0 Å². The van der Waals surface area contributed by atoms with Crippen molar-refractivity contribution in [3.63, 3.8) is 0 Å². The highest BCUT2D eigenvalue weighted by Gasteiger charge is 2.36. The number of alkyl halides is 2. The molecule has 0 radical (unpaired) electrons. The molecular formula is C10H15F2N5O. The predicted octanol–water partition coefficient (Wildman–Crippen LogP) is 1.20. The van der Waals surface area contributed by atoms with E-state index >= 15 is 0 Å². The fourth-order valence-electron chi connectivity index (χ4n) is 2.24. The Hall–Kier alpha value is -1.73. The summed E-state index contributed by atoms with van der Waals surface area (Å²) in [5, 5.41) is 15.2. The van der Waals surface area contributed by atoms with Crippen LogP contribution in [0, 0.1) is 5.92 Å². The zero-order valence-corrected chi connectivity index (χ0v) is 9.76.